The zero-order valence-corrected chi connectivity index (χ0v) is 19.5. The maximum atomic E-state index is 11.2. The number of ether oxygens (including phenoxy) is 3. The smallest absolute Gasteiger partial charge is 0.166 e. The monoisotopic (exact) mass is 452 g/mol. The van der Waals surface area contributed by atoms with E-state index in [1.165, 1.54) is 0 Å². The van der Waals surface area contributed by atoms with Crippen molar-refractivity contribution in [3.8, 4) is 23.0 Å². The first-order valence-corrected chi connectivity index (χ1v) is 11.5. The molecule has 0 saturated carbocycles. The first-order valence-electron chi connectivity index (χ1n) is 11.5. The molecule has 34 heavy (non-hydrogen) atoms. The molecule has 172 valence electrons. The summed E-state index contributed by atoms with van der Waals surface area (Å²) in [5.41, 5.74) is 4.43. The van der Waals surface area contributed by atoms with Crippen molar-refractivity contribution in [2.75, 3.05) is 20.8 Å². The zero-order valence-electron chi connectivity index (χ0n) is 19.5. The molecule has 0 aliphatic heterocycles. The fourth-order valence-electron chi connectivity index (χ4n) is 4.72. The van der Waals surface area contributed by atoms with Crippen molar-refractivity contribution in [1.29, 1.82) is 0 Å². The van der Waals surface area contributed by atoms with Crippen molar-refractivity contribution < 1.29 is 19.3 Å². The average Bonchev–Trinajstić information content (AvgIpc) is 2.91. The van der Waals surface area contributed by atoms with Gasteiger partial charge in [0.25, 0.3) is 0 Å². The van der Waals surface area contributed by atoms with Crippen LogP contribution in [0.5, 0.6) is 23.0 Å². The molecule has 0 aromatic heterocycles. The number of hydrogen-bond acceptors (Lipinski definition) is 4. The standard InChI is InChI=1S/C30H28O4/c1-32-22-15-11-20(12-16-22)28(21-13-17-23(33-2)18-14-21)19-34-30-27-10-6-4-8-25(27)24-7-3-5-9-26(24)29(30)31/h3-5,7-9,11-18,28,31H,6,10,19H2,1-2H3. The van der Waals surface area contributed by atoms with Crippen molar-refractivity contribution >= 4 is 16.8 Å². The molecule has 0 spiro atoms. The summed E-state index contributed by atoms with van der Waals surface area (Å²) in [5.74, 6) is 2.40. The molecule has 0 fully saturated rings. The van der Waals surface area contributed by atoms with E-state index in [1.807, 2.05) is 42.5 Å². The van der Waals surface area contributed by atoms with E-state index in [0.717, 1.165) is 57.4 Å². The Bertz CT molecular complexity index is 1270. The number of hydrogen-bond donors (Lipinski definition) is 1. The highest BCUT2D eigenvalue weighted by molar-refractivity contribution is 5.99. The summed E-state index contributed by atoms with van der Waals surface area (Å²) in [6.45, 7) is 0.390. The summed E-state index contributed by atoms with van der Waals surface area (Å²) in [6.07, 6.45) is 6.11. The lowest BCUT2D eigenvalue weighted by Gasteiger charge is -2.24. The Morgan fingerprint density at radius 3 is 1.97 bits per heavy atom. The largest absolute Gasteiger partial charge is 0.504 e. The molecule has 0 saturated heterocycles. The highest BCUT2D eigenvalue weighted by Crippen LogP contribution is 2.44. The molecule has 0 atom stereocenters. The number of phenols is 1. The Morgan fingerprint density at radius 1 is 0.794 bits per heavy atom. The second-order valence-corrected chi connectivity index (χ2v) is 8.47. The van der Waals surface area contributed by atoms with Crippen LogP contribution in [0.3, 0.4) is 0 Å². The number of phenolic OH excluding ortho intramolecular Hbond substituents is 1. The second-order valence-electron chi connectivity index (χ2n) is 8.47. The SMILES string of the molecule is COc1ccc(C(COc2c3c(c4ccccc4c2O)C=CCC3)c2ccc(OC)cc2)cc1. The zero-order chi connectivity index (χ0) is 23.5. The van der Waals surface area contributed by atoms with Crippen molar-refractivity contribution in [1.82, 2.24) is 0 Å². The normalized spacial score (nSPS) is 12.6. The van der Waals surface area contributed by atoms with Gasteiger partial charge in [-0.15, -0.1) is 0 Å². The fraction of sp³-hybridized carbons (Fsp3) is 0.200. The van der Waals surface area contributed by atoms with Gasteiger partial charge in [-0.1, -0.05) is 60.7 Å². The van der Waals surface area contributed by atoms with Gasteiger partial charge < -0.3 is 19.3 Å². The minimum absolute atomic E-state index is 0.0301. The van der Waals surface area contributed by atoms with Crippen LogP contribution in [0.15, 0.2) is 78.9 Å². The Morgan fingerprint density at radius 2 is 1.38 bits per heavy atom. The van der Waals surface area contributed by atoms with Crippen LogP contribution in [-0.2, 0) is 6.42 Å². The number of allylic oxidation sites excluding steroid dienone is 1. The summed E-state index contributed by atoms with van der Waals surface area (Å²) >= 11 is 0. The molecular formula is C30H28O4. The molecule has 0 bridgehead atoms. The summed E-state index contributed by atoms with van der Waals surface area (Å²) in [6, 6.07) is 24.1. The highest BCUT2D eigenvalue weighted by atomic mass is 16.5. The second kappa shape index (κ2) is 9.52. The predicted octanol–water partition coefficient (Wildman–Crippen LogP) is 6.73. The van der Waals surface area contributed by atoms with Gasteiger partial charge >= 0.3 is 0 Å². The van der Waals surface area contributed by atoms with E-state index in [-0.39, 0.29) is 11.7 Å². The quantitative estimate of drug-likeness (QED) is 0.338. The van der Waals surface area contributed by atoms with Crippen LogP contribution >= 0.6 is 0 Å². The predicted molar refractivity (Wildman–Crippen MR) is 136 cm³/mol. The van der Waals surface area contributed by atoms with Gasteiger partial charge in [-0.05, 0) is 59.2 Å². The maximum absolute atomic E-state index is 11.2. The van der Waals surface area contributed by atoms with E-state index in [9.17, 15) is 5.11 Å². The lowest BCUT2D eigenvalue weighted by Crippen LogP contribution is -2.14. The molecule has 5 rings (SSSR count). The van der Waals surface area contributed by atoms with E-state index >= 15 is 0 Å². The molecule has 0 heterocycles. The lowest BCUT2D eigenvalue weighted by molar-refractivity contribution is 0.285. The van der Waals surface area contributed by atoms with Gasteiger partial charge in [0.2, 0.25) is 0 Å². The number of rotatable bonds is 7. The van der Waals surface area contributed by atoms with Crippen LogP contribution in [0.1, 0.15) is 34.6 Å². The summed E-state index contributed by atoms with van der Waals surface area (Å²) in [5, 5.41) is 13.1. The molecular weight excluding hydrogens is 424 g/mol. The van der Waals surface area contributed by atoms with Crippen molar-refractivity contribution in [2.45, 2.75) is 18.8 Å². The van der Waals surface area contributed by atoms with Crippen molar-refractivity contribution in [3.63, 3.8) is 0 Å². The minimum atomic E-state index is -0.0301. The van der Waals surface area contributed by atoms with Gasteiger partial charge in [0.05, 0.1) is 20.8 Å². The van der Waals surface area contributed by atoms with Crippen LogP contribution in [0.25, 0.3) is 16.8 Å². The van der Waals surface area contributed by atoms with Crippen molar-refractivity contribution in [3.05, 3.63) is 101 Å². The highest BCUT2D eigenvalue weighted by Gasteiger charge is 2.23. The number of methoxy groups -OCH3 is 2. The molecule has 0 radical (unpaired) electrons. The van der Waals surface area contributed by atoms with Gasteiger partial charge in [0.15, 0.2) is 11.5 Å². The lowest BCUT2D eigenvalue weighted by atomic mass is 9.90. The fourth-order valence-corrected chi connectivity index (χ4v) is 4.72. The maximum Gasteiger partial charge on any atom is 0.166 e. The minimum Gasteiger partial charge on any atom is -0.504 e. The first kappa shape index (κ1) is 21.9. The number of fused-ring (bicyclic) bond motifs is 3. The van der Waals surface area contributed by atoms with Crippen LogP contribution in [0.2, 0.25) is 0 Å². The summed E-state index contributed by atoms with van der Waals surface area (Å²) < 4.78 is 17.2. The third-order valence-corrected chi connectivity index (χ3v) is 6.56. The van der Waals surface area contributed by atoms with Crippen LogP contribution in [0.4, 0.5) is 0 Å². The first-order chi connectivity index (χ1) is 16.7. The molecule has 4 heteroatoms. The topological polar surface area (TPSA) is 47.9 Å². The van der Waals surface area contributed by atoms with E-state index in [4.69, 9.17) is 14.2 Å². The molecule has 4 aromatic rings. The third kappa shape index (κ3) is 4.08. The Labute approximate surface area is 200 Å². The molecule has 4 nitrogen and oxygen atoms in total. The van der Waals surface area contributed by atoms with Gasteiger partial charge in [-0.25, -0.2) is 0 Å². The van der Waals surface area contributed by atoms with Crippen LogP contribution in [-0.4, -0.2) is 25.9 Å². The molecule has 0 unspecified atom stereocenters. The van der Waals surface area contributed by atoms with E-state index in [2.05, 4.69) is 42.5 Å². The average molecular weight is 453 g/mol. The Hall–Kier alpha value is -3.92. The molecule has 1 N–H and O–H groups in total. The van der Waals surface area contributed by atoms with Gasteiger partial charge in [-0.2, -0.15) is 0 Å². The van der Waals surface area contributed by atoms with E-state index in [1.54, 1.807) is 14.2 Å². The number of benzene rings is 4. The van der Waals surface area contributed by atoms with Crippen LogP contribution < -0.4 is 14.2 Å². The Kier molecular flexibility index (Phi) is 6.13. The van der Waals surface area contributed by atoms with E-state index in [0.29, 0.717) is 12.4 Å². The Balaban J connectivity index is 1.54. The number of aromatic hydroxyl groups is 1. The van der Waals surface area contributed by atoms with Gasteiger partial charge in [0, 0.05) is 16.9 Å². The van der Waals surface area contributed by atoms with Gasteiger partial charge in [0.1, 0.15) is 11.5 Å². The van der Waals surface area contributed by atoms with Gasteiger partial charge in [-0.3, -0.25) is 0 Å². The summed E-state index contributed by atoms with van der Waals surface area (Å²) in [7, 11) is 3.33. The molecule has 1 aliphatic carbocycles. The molecule has 4 aromatic carbocycles. The summed E-state index contributed by atoms with van der Waals surface area (Å²) in [4.78, 5) is 0. The van der Waals surface area contributed by atoms with Crippen LogP contribution in [0, 0.1) is 0 Å². The molecule has 0 amide bonds. The van der Waals surface area contributed by atoms with E-state index < -0.39 is 0 Å². The van der Waals surface area contributed by atoms with Crippen molar-refractivity contribution in [2.24, 2.45) is 0 Å². The third-order valence-electron chi connectivity index (χ3n) is 6.56. The molecule has 1 aliphatic rings.